The van der Waals surface area contributed by atoms with Crippen molar-refractivity contribution in [1.82, 2.24) is 10.6 Å². The number of halogens is 1. The van der Waals surface area contributed by atoms with E-state index in [1.165, 1.54) is 16.8 Å². The summed E-state index contributed by atoms with van der Waals surface area (Å²) in [4.78, 5) is 18.8. The number of carbonyl (C=O) groups excluding carboxylic acids is 1. The lowest BCUT2D eigenvalue weighted by molar-refractivity contribution is -0.116. The van der Waals surface area contributed by atoms with Gasteiger partial charge in [-0.3, -0.25) is 9.79 Å². The Balaban J connectivity index is 0.00000256. The number of anilines is 2. The Hall–Kier alpha value is -2.29. The molecule has 4 rings (SSSR count). The molecule has 0 aromatic heterocycles. The van der Waals surface area contributed by atoms with Gasteiger partial charge in [0, 0.05) is 56.4 Å². The standard InChI is InChI=1S/C23H29N5O.HI/c1-16(28-12-11-17-7-3-6-10-21(17)28)14-25-23(24-2)26-15-18-13-22(29)27-20-9-5-4-8-19(18)20;/h3-10,16,18H,11-15H2,1-2H3,(H,27,29)(H2,24,25,26);1H. The van der Waals surface area contributed by atoms with Crippen molar-refractivity contribution in [2.45, 2.75) is 31.7 Å². The van der Waals surface area contributed by atoms with Gasteiger partial charge in [0.05, 0.1) is 0 Å². The molecule has 2 aliphatic heterocycles. The van der Waals surface area contributed by atoms with Gasteiger partial charge in [0.1, 0.15) is 0 Å². The fraction of sp³-hybridized carbons (Fsp3) is 0.391. The van der Waals surface area contributed by atoms with Crippen molar-refractivity contribution in [3.63, 3.8) is 0 Å². The van der Waals surface area contributed by atoms with Crippen molar-refractivity contribution in [2.24, 2.45) is 4.99 Å². The summed E-state index contributed by atoms with van der Waals surface area (Å²) in [6.45, 7) is 4.77. The average molecular weight is 519 g/mol. The molecule has 2 unspecified atom stereocenters. The maximum atomic E-state index is 12.0. The van der Waals surface area contributed by atoms with Gasteiger partial charge < -0.3 is 20.9 Å². The molecular formula is C23H30IN5O. The number of nitrogens with zero attached hydrogens (tertiary/aromatic N) is 2. The lowest BCUT2D eigenvalue weighted by Gasteiger charge is -2.29. The summed E-state index contributed by atoms with van der Waals surface area (Å²) in [5.41, 5.74) is 4.86. The third-order valence-electron chi connectivity index (χ3n) is 5.87. The SMILES string of the molecule is CN=C(NCC1CC(=O)Nc2ccccc21)NCC(C)N1CCc2ccccc21.I. The van der Waals surface area contributed by atoms with Gasteiger partial charge in [-0.25, -0.2) is 0 Å². The molecule has 0 saturated carbocycles. The molecule has 1 amide bonds. The number of hydrogen-bond acceptors (Lipinski definition) is 3. The Labute approximate surface area is 195 Å². The Kier molecular flexibility index (Phi) is 7.58. The summed E-state index contributed by atoms with van der Waals surface area (Å²) in [7, 11) is 1.78. The molecular weight excluding hydrogens is 489 g/mol. The van der Waals surface area contributed by atoms with Crippen LogP contribution in [0.25, 0.3) is 0 Å². The van der Waals surface area contributed by atoms with Gasteiger partial charge in [-0.05, 0) is 36.6 Å². The molecule has 0 fully saturated rings. The normalized spacial score (nSPS) is 18.6. The number of rotatable bonds is 5. The second-order valence-corrected chi connectivity index (χ2v) is 7.79. The van der Waals surface area contributed by atoms with Crippen LogP contribution in [-0.2, 0) is 11.2 Å². The van der Waals surface area contributed by atoms with Gasteiger partial charge in [-0.1, -0.05) is 36.4 Å². The number of benzene rings is 2. The molecule has 0 bridgehead atoms. The average Bonchev–Trinajstić information content (AvgIpc) is 3.17. The molecule has 0 radical (unpaired) electrons. The first-order valence-corrected chi connectivity index (χ1v) is 10.3. The zero-order chi connectivity index (χ0) is 20.2. The quantitative estimate of drug-likeness (QED) is 0.322. The van der Waals surface area contributed by atoms with Crippen LogP contribution in [0, 0.1) is 0 Å². The second-order valence-electron chi connectivity index (χ2n) is 7.79. The second kappa shape index (κ2) is 10.1. The Morgan fingerprint density at radius 1 is 1.20 bits per heavy atom. The van der Waals surface area contributed by atoms with E-state index in [1.54, 1.807) is 7.05 Å². The maximum Gasteiger partial charge on any atom is 0.225 e. The number of hydrogen-bond donors (Lipinski definition) is 3. The fourth-order valence-corrected chi connectivity index (χ4v) is 4.30. The third-order valence-corrected chi connectivity index (χ3v) is 5.87. The molecule has 160 valence electrons. The van der Waals surface area contributed by atoms with Crippen LogP contribution in [0.4, 0.5) is 11.4 Å². The molecule has 6 nitrogen and oxygen atoms in total. The van der Waals surface area contributed by atoms with E-state index in [2.05, 4.69) is 63.1 Å². The minimum absolute atomic E-state index is 0. The summed E-state index contributed by atoms with van der Waals surface area (Å²) >= 11 is 0. The van der Waals surface area contributed by atoms with Gasteiger partial charge in [-0.15, -0.1) is 24.0 Å². The zero-order valence-corrected chi connectivity index (χ0v) is 19.9. The van der Waals surface area contributed by atoms with E-state index in [0.717, 1.165) is 31.2 Å². The van der Waals surface area contributed by atoms with Crippen LogP contribution in [0.1, 0.15) is 30.4 Å². The first-order chi connectivity index (χ1) is 14.2. The highest BCUT2D eigenvalue weighted by Gasteiger charge is 2.25. The van der Waals surface area contributed by atoms with Crippen molar-refractivity contribution >= 4 is 47.2 Å². The molecule has 0 aliphatic carbocycles. The fourth-order valence-electron chi connectivity index (χ4n) is 4.30. The Morgan fingerprint density at radius 3 is 2.80 bits per heavy atom. The number of guanidine groups is 1. The van der Waals surface area contributed by atoms with E-state index in [0.29, 0.717) is 19.0 Å². The van der Waals surface area contributed by atoms with Gasteiger partial charge in [0.2, 0.25) is 5.91 Å². The van der Waals surface area contributed by atoms with Crippen LogP contribution in [0.15, 0.2) is 53.5 Å². The molecule has 3 N–H and O–H groups in total. The molecule has 2 aliphatic rings. The van der Waals surface area contributed by atoms with Crippen molar-refractivity contribution in [3.8, 4) is 0 Å². The lowest BCUT2D eigenvalue weighted by Crippen LogP contribution is -2.46. The minimum atomic E-state index is 0. The summed E-state index contributed by atoms with van der Waals surface area (Å²) in [6.07, 6.45) is 1.60. The highest BCUT2D eigenvalue weighted by atomic mass is 127. The summed E-state index contributed by atoms with van der Waals surface area (Å²) in [5.74, 6) is 0.981. The minimum Gasteiger partial charge on any atom is -0.366 e. The Bertz CT molecular complexity index is 916. The number of amides is 1. The number of fused-ring (bicyclic) bond motifs is 2. The predicted octanol–water partition coefficient (Wildman–Crippen LogP) is 3.35. The van der Waals surface area contributed by atoms with Crippen LogP contribution >= 0.6 is 24.0 Å². The highest BCUT2D eigenvalue weighted by Crippen LogP contribution is 2.31. The monoisotopic (exact) mass is 519 g/mol. The smallest absolute Gasteiger partial charge is 0.225 e. The lowest BCUT2D eigenvalue weighted by atomic mass is 9.90. The van der Waals surface area contributed by atoms with Crippen molar-refractivity contribution in [1.29, 1.82) is 0 Å². The molecule has 2 aromatic carbocycles. The van der Waals surface area contributed by atoms with E-state index in [-0.39, 0.29) is 35.8 Å². The van der Waals surface area contributed by atoms with Crippen LogP contribution in [-0.4, -0.2) is 44.6 Å². The zero-order valence-electron chi connectivity index (χ0n) is 17.5. The van der Waals surface area contributed by atoms with Crippen LogP contribution in [0.2, 0.25) is 0 Å². The van der Waals surface area contributed by atoms with Crippen LogP contribution < -0.4 is 20.9 Å². The van der Waals surface area contributed by atoms with Gasteiger partial charge in [0.25, 0.3) is 0 Å². The maximum absolute atomic E-state index is 12.0. The van der Waals surface area contributed by atoms with E-state index < -0.39 is 0 Å². The third kappa shape index (κ3) is 4.88. The molecule has 2 heterocycles. The highest BCUT2D eigenvalue weighted by molar-refractivity contribution is 14.0. The summed E-state index contributed by atoms with van der Waals surface area (Å²) in [6, 6.07) is 17.0. The summed E-state index contributed by atoms with van der Waals surface area (Å²) < 4.78 is 0. The van der Waals surface area contributed by atoms with Crippen LogP contribution in [0.3, 0.4) is 0 Å². The number of carbonyl (C=O) groups is 1. The van der Waals surface area contributed by atoms with Crippen molar-refractivity contribution < 1.29 is 4.79 Å². The van der Waals surface area contributed by atoms with Gasteiger partial charge in [-0.2, -0.15) is 0 Å². The molecule has 7 heteroatoms. The van der Waals surface area contributed by atoms with E-state index in [4.69, 9.17) is 0 Å². The van der Waals surface area contributed by atoms with E-state index in [9.17, 15) is 4.79 Å². The Morgan fingerprint density at radius 2 is 1.97 bits per heavy atom. The largest absolute Gasteiger partial charge is 0.366 e. The van der Waals surface area contributed by atoms with E-state index >= 15 is 0 Å². The molecule has 30 heavy (non-hydrogen) atoms. The molecule has 0 saturated heterocycles. The van der Waals surface area contributed by atoms with Gasteiger partial charge in [0.15, 0.2) is 5.96 Å². The summed E-state index contributed by atoms with van der Waals surface area (Å²) in [5, 5.41) is 9.81. The van der Waals surface area contributed by atoms with E-state index in [1.807, 2.05) is 18.2 Å². The number of para-hydroxylation sites is 2. The topological polar surface area (TPSA) is 68.8 Å². The van der Waals surface area contributed by atoms with Crippen molar-refractivity contribution in [3.05, 3.63) is 59.7 Å². The molecule has 2 atom stereocenters. The molecule has 0 spiro atoms. The first kappa shape index (κ1) is 22.4. The number of aliphatic imine (C=N–C) groups is 1. The van der Waals surface area contributed by atoms with Crippen molar-refractivity contribution in [2.75, 3.05) is 36.9 Å². The molecule has 2 aromatic rings. The first-order valence-electron chi connectivity index (χ1n) is 10.3. The van der Waals surface area contributed by atoms with Gasteiger partial charge >= 0.3 is 0 Å². The van der Waals surface area contributed by atoms with Crippen LogP contribution in [0.5, 0.6) is 0 Å². The predicted molar refractivity (Wildman–Crippen MR) is 134 cm³/mol. The number of nitrogens with one attached hydrogen (secondary N) is 3.